The molecule has 0 spiro atoms. The van der Waals surface area contributed by atoms with E-state index in [2.05, 4.69) is 107 Å². The number of carbonyl (C=O) groups excluding carboxylic acids is 1. The van der Waals surface area contributed by atoms with Crippen molar-refractivity contribution in [2.75, 3.05) is 0 Å². The Bertz CT molecular complexity index is 1110. The normalized spacial score (nSPS) is 30.9. The van der Waals surface area contributed by atoms with Crippen LogP contribution in [0.5, 0.6) is 0 Å². The molecule has 0 radical (unpaired) electrons. The molecule has 196 valence electrons. The summed E-state index contributed by atoms with van der Waals surface area (Å²) in [6.45, 7) is 11.0. The molecule has 5 rings (SSSR count). The summed E-state index contributed by atoms with van der Waals surface area (Å²) in [5.41, 5.74) is 1.39. The van der Waals surface area contributed by atoms with Gasteiger partial charge in [0.15, 0.2) is 0 Å². The number of hydrogen-bond donors (Lipinski definition) is 0. The lowest BCUT2D eigenvalue weighted by molar-refractivity contribution is -0.124. The van der Waals surface area contributed by atoms with Gasteiger partial charge in [-0.1, -0.05) is 105 Å². The number of fused-ring (bicyclic) bond motifs is 5. The van der Waals surface area contributed by atoms with Gasteiger partial charge in [0.2, 0.25) is 0 Å². The van der Waals surface area contributed by atoms with E-state index >= 15 is 0 Å². The van der Waals surface area contributed by atoms with E-state index in [0.717, 1.165) is 25.7 Å². The SMILES string of the molecule is CC(=O)[C@H]1CC=C(C)[C@H]2[C@@H]1[C@@H]1O[C@H]2CC/C=C\C[C@@H]1O[Si](c1ccccc1)(c1ccccc1)C(C)(C)C. The third-order valence-corrected chi connectivity index (χ3v) is 14.1. The summed E-state index contributed by atoms with van der Waals surface area (Å²) in [6.07, 6.45) is 10.5. The van der Waals surface area contributed by atoms with E-state index in [1.807, 2.05) is 0 Å². The van der Waals surface area contributed by atoms with Gasteiger partial charge >= 0.3 is 0 Å². The monoisotopic (exact) mass is 514 g/mol. The second kappa shape index (κ2) is 10.5. The Labute approximate surface area is 224 Å². The van der Waals surface area contributed by atoms with Crippen molar-refractivity contribution in [3.63, 3.8) is 0 Å². The van der Waals surface area contributed by atoms with Crippen LogP contribution in [0.25, 0.3) is 0 Å². The molecule has 0 saturated carbocycles. The molecule has 1 fully saturated rings. The average molecular weight is 515 g/mol. The molecule has 6 atom stereocenters. The second-order valence-corrected chi connectivity index (χ2v) is 16.5. The molecule has 0 unspecified atom stereocenters. The number of allylic oxidation sites excluding steroid dienone is 2. The van der Waals surface area contributed by atoms with Crippen LogP contribution in [0.1, 0.15) is 60.3 Å². The van der Waals surface area contributed by atoms with E-state index in [-0.39, 0.29) is 41.0 Å². The number of hydrogen-bond acceptors (Lipinski definition) is 3. The van der Waals surface area contributed by atoms with Crippen molar-refractivity contribution in [2.24, 2.45) is 17.8 Å². The molecule has 1 saturated heterocycles. The Hall–Kier alpha value is -2.27. The van der Waals surface area contributed by atoms with E-state index in [9.17, 15) is 4.79 Å². The summed E-state index contributed by atoms with van der Waals surface area (Å²) in [5.74, 6) is 0.744. The van der Waals surface area contributed by atoms with E-state index in [1.54, 1.807) is 6.92 Å². The molecule has 0 N–H and O–H groups in total. The standard InChI is InChI=1S/C33H42O3Si/c1-23-21-22-27(24(2)34)31-30(23)28-19-13-8-14-20-29(32(31)35-28)36-37(33(3,4)5,25-15-9-6-10-16-25)26-17-11-7-12-18-26/h6-12,14-18,21,27-32H,13,19-20,22H2,1-5H3/b14-8-/t27-,28+,29+,30-,31-,32-/m1/s1. The third-order valence-electron chi connectivity index (χ3n) is 9.00. The van der Waals surface area contributed by atoms with Crippen LogP contribution in [0, 0.1) is 17.8 Å². The Kier molecular flexibility index (Phi) is 7.46. The topological polar surface area (TPSA) is 35.5 Å². The van der Waals surface area contributed by atoms with Crippen LogP contribution in [0.2, 0.25) is 5.04 Å². The first kappa shape index (κ1) is 26.3. The molecular weight excluding hydrogens is 472 g/mol. The van der Waals surface area contributed by atoms with Crippen molar-refractivity contribution in [3.8, 4) is 0 Å². The minimum atomic E-state index is -2.77. The van der Waals surface area contributed by atoms with Gasteiger partial charge in [0.1, 0.15) is 5.78 Å². The van der Waals surface area contributed by atoms with E-state index in [4.69, 9.17) is 9.16 Å². The predicted octanol–water partition coefficient (Wildman–Crippen LogP) is 6.23. The number of carbonyl (C=O) groups is 1. The zero-order valence-electron chi connectivity index (χ0n) is 23.0. The second-order valence-electron chi connectivity index (χ2n) is 12.2. The first-order valence-electron chi connectivity index (χ1n) is 14.0. The van der Waals surface area contributed by atoms with Gasteiger partial charge in [0.25, 0.3) is 8.32 Å². The van der Waals surface area contributed by atoms with Crippen LogP contribution in [-0.4, -0.2) is 32.4 Å². The van der Waals surface area contributed by atoms with Crippen LogP contribution in [0.4, 0.5) is 0 Å². The maximum Gasteiger partial charge on any atom is 0.261 e. The molecule has 2 heterocycles. The van der Waals surface area contributed by atoms with Crippen molar-refractivity contribution in [1.82, 2.24) is 0 Å². The van der Waals surface area contributed by atoms with Crippen molar-refractivity contribution in [3.05, 3.63) is 84.5 Å². The Balaban J connectivity index is 1.66. The minimum absolute atomic E-state index is 0.00244. The van der Waals surface area contributed by atoms with E-state index in [1.165, 1.54) is 15.9 Å². The average Bonchev–Trinajstić information content (AvgIpc) is 3.30. The van der Waals surface area contributed by atoms with Gasteiger partial charge in [-0.2, -0.15) is 0 Å². The maximum absolute atomic E-state index is 12.9. The molecule has 2 aromatic carbocycles. The summed E-state index contributed by atoms with van der Waals surface area (Å²) in [4.78, 5) is 12.9. The Morgan fingerprint density at radius 2 is 1.57 bits per heavy atom. The molecule has 0 aromatic heterocycles. The molecule has 2 bridgehead atoms. The lowest BCUT2D eigenvalue weighted by atomic mass is 9.66. The van der Waals surface area contributed by atoms with Gasteiger partial charge < -0.3 is 9.16 Å². The summed E-state index contributed by atoms with van der Waals surface area (Å²) in [5, 5.41) is 2.45. The number of ketones is 1. The highest BCUT2D eigenvalue weighted by Gasteiger charge is 2.57. The third kappa shape index (κ3) is 4.73. The summed E-state index contributed by atoms with van der Waals surface area (Å²) in [6, 6.07) is 21.7. The zero-order valence-corrected chi connectivity index (χ0v) is 24.0. The van der Waals surface area contributed by atoms with Crippen LogP contribution in [0.15, 0.2) is 84.5 Å². The molecule has 37 heavy (non-hydrogen) atoms. The minimum Gasteiger partial charge on any atom is -0.401 e. The molecule has 0 amide bonds. The van der Waals surface area contributed by atoms with Gasteiger partial charge in [-0.05, 0) is 54.9 Å². The van der Waals surface area contributed by atoms with E-state index < -0.39 is 8.32 Å². The van der Waals surface area contributed by atoms with Crippen LogP contribution in [-0.2, 0) is 14.0 Å². The summed E-state index contributed by atoms with van der Waals surface area (Å²) in [7, 11) is -2.77. The highest BCUT2D eigenvalue weighted by molar-refractivity contribution is 6.99. The lowest BCUT2D eigenvalue weighted by Crippen LogP contribution is -2.68. The number of benzene rings is 2. The Morgan fingerprint density at radius 3 is 2.14 bits per heavy atom. The van der Waals surface area contributed by atoms with Gasteiger partial charge in [0.05, 0.1) is 18.3 Å². The molecule has 4 heteroatoms. The molecular formula is C33H42O3Si. The number of Topliss-reactive ketones (excluding diaryl/α,β-unsaturated/α-hetero) is 1. The van der Waals surface area contributed by atoms with Crippen LogP contribution >= 0.6 is 0 Å². The Morgan fingerprint density at radius 1 is 0.946 bits per heavy atom. The molecule has 3 nitrogen and oxygen atoms in total. The highest BCUT2D eigenvalue weighted by Crippen LogP contribution is 2.51. The molecule has 3 aliphatic rings. The van der Waals surface area contributed by atoms with Crippen molar-refractivity contribution in [2.45, 2.75) is 83.7 Å². The number of rotatable bonds is 5. The largest absolute Gasteiger partial charge is 0.401 e. The van der Waals surface area contributed by atoms with E-state index in [0.29, 0.717) is 5.92 Å². The van der Waals surface area contributed by atoms with Crippen molar-refractivity contribution >= 4 is 24.5 Å². The fourth-order valence-corrected chi connectivity index (χ4v) is 12.0. The van der Waals surface area contributed by atoms with Gasteiger partial charge in [-0.15, -0.1) is 0 Å². The molecule has 1 aliphatic carbocycles. The van der Waals surface area contributed by atoms with Crippen molar-refractivity contribution in [1.29, 1.82) is 0 Å². The van der Waals surface area contributed by atoms with Crippen LogP contribution < -0.4 is 10.4 Å². The smallest absolute Gasteiger partial charge is 0.261 e. The van der Waals surface area contributed by atoms with Gasteiger partial charge in [-0.3, -0.25) is 4.79 Å². The summed E-state index contributed by atoms with van der Waals surface area (Å²) < 4.78 is 14.7. The zero-order chi connectivity index (χ0) is 26.2. The molecule has 2 aliphatic heterocycles. The first-order valence-corrected chi connectivity index (χ1v) is 15.9. The fourth-order valence-electron chi connectivity index (χ4n) is 7.31. The highest BCUT2D eigenvalue weighted by atomic mass is 28.4. The number of ether oxygens (including phenoxy) is 1. The van der Waals surface area contributed by atoms with Crippen LogP contribution in [0.3, 0.4) is 0 Å². The van der Waals surface area contributed by atoms with Crippen molar-refractivity contribution < 1.29 is 14.0 Å². The van der Waals surface area contributed by atoms with Gasteiger partial charge in [-0.25, -0.2) is 0 Å². The summed E-state index contributed by atoms with van der Waals surface area (Å²) >= 11 is 0. The first-order chi connectivity index (χ1) is 17.7. The quantitative estimate of drug-likeness (QED) is 0.351. The molecule has 2 aromatic rings. The lowest BCUT2D eigenvalue weighted by Gasteiger charge is -2.47. The van der Waals surface area contributed by atoms with Gasteiger partial charge in [0, 0.05) is 17.8 Å². The fraction of sp³-hybridized carbons (Fsp3) is 0.485. The maximum atomic E-state index is 12.9. The predicted molar refractivity (Wildman–Crippen MR) is 154 cm³/mol.